The van der Waals surface area contributed by atoms with Crippen LogP contribution in [-0.4, -0.2) is 61.6 Å². The zero-order valence-corrected chi connectivity index (χ0v) is 18.2. The Morgan fingerprint density at radius 3 is 2.45 bits per heavy atom. The van der Waals surface area contributed by atoms with E-state index < -0.39 is 0 Å². The van der Waals surface area contributed by atoms with Crippen molar-refractivity contribution in [1.82, 2.24) is 15.5 Å². The quantitative estimate of drug-likeness (QED) is 0.718. The number of rotatable bonds is 7. The Morgan fingerprint density at radius 1 is 0.935 bits per heavy atom. The standard InChI is InChI=1S/C25H33N3O3/c29-23(27-19-25(11-4-1-5-12-25)28-14-16-31-17-15-28)10-13-26-24(30)22-9-8-20-6-2-3-7-21(20)18-22/h2-3,6-9,18H,1,4-5,10-17,19H2,(H,26,30)(H,27,29). The normalized spacial score (nSPS) is 19.1. The van der Waals surface area contributed by atoms with Gasteiger partial charge in [0, 0.05) is 43.7 Å². The van der Waals surface area contributed by atoms with Gasteiger partial charge < -0.3 is 15.4 Å². The molecule has 2 aromatic rings. The van der Waals surface area contributed by atoms with Crippen LogP contribution in [0.1, 0.15) is 48.9 Å². The number of carbonyl (C=O) groups is 2. The second-order valence-electron chi connectivity index (χ2n) is 8.73. The minimum absolute atomic E-state index is 0.00276. The number of morpholine rings is 1. The van der Waals surface area contributed by atoms with Crippen LogP contribution in [0.3, 0.4) is 0 Å². The molecule has 2 aliphatic rings. The Morgan fingerprint density at radius 2 is 1.68 bits per heavy atom. The summed E-state index contributed by atoms with van der Waals surface area (Å²) in [5, 5.41) is 8.18. The van der Waals surface area contributed by atoms with Crippen molar-refractivity contribution in [3.63, 3.8) is 0 Å². The summed E-state index contributed by atoms with van der Waals surface area (Å²) in [5.41, 5.74) is 0.680. The Balaban J connectivity index is 1.25. The third-order valence-corrected chi connectivity index (χ3v) is 6.73. The Kier molecular flexibility index (Phi) is 7.20. The molecule has 0 radical (unpaired) electrons. The first-order valence-electron chi connectivity index (χ1n) is 11.5. The highest BCUT2D eigenvalue weighted by Gasteiger charge is 2.38. The zero-order valence-electron chi connectivity index (χ0n) is 18.2. The van der Waals surface area contributed by atoms with Crippen molar-refractivity contribution < 1.29 is 14.3 Å². The smallest absolute Gasteiger partial charge is 0.251 e. The lowest BCUT2D eigenvalue weighted by atomic mass is 9.79. The molecule has 2 amide bonds. The summed E-state index contributed by atoms with van der Waals surface area (Å²) >= 11 is 0. The average molecular weight is 424 g/mol. The highest BCUT2D eigenvalue weighted by Crippen LogP contribution is 2.33. The summed E-state index contributed by atoms with van der Waals surface area (Å²) in [5.74, 6) is -0.146. The summed E-state index contributed by atoms with van der Waals surface area (Å²) in [6.07, 6.45) is 6.27. The first-order chi connectivity index (χ1) is 15.2. The van der Waals surface area contributed by atoms with Gasteiger partial charge in [-0.3, -0.25) is 14.5 Å². The average Bonchev–Trinajstić information content (AvgIpc) is 2.83. The van der Waals surface area contributed by atoms with Gasteiger partial charge in [-0.1, -0.05) is 49.6 Å². The number of amides is 2. The van der Waals surface area contributed by atoms with Gasteiger partial charge in [0.2, 0.25) is 5.91 Å². The molecule has 4 rings (SSSR count). The van der Waals surface area contributed by atoms with Gasteiger partial charge in [0.05, 0.1) is 13.2 Å². The van der Waals surface area contributed by atoms with E-state index in [9.17, 15) is 9.59 Å². The van der Waals surface area contributed by atoms with Gasteiger partial charge >= 0.3 is 0 Å². The Labute approximate surface area is 184 Å². The highest BCUT2D eigenvalue weighted by molar-refractivity contribution is 5.98. The van der Waals surface area contributed by atoms with E-state index in [1.807, 2.05) is 42.5 Å². The van der Waals surface area contributed by atoms with Crippen LogP contribution in [0.25, 0.3) is 10.8 Å². The van der Waals surface area contributed by atoms with Crippen molar-refractivity contribution in [2.75, 3.05) is 39.4 Å². The Hall–Kier alpha value is -2.44. The van der Waals surface area contributed by atoms with E-state index in [0.29, 0.717) is 25.1 Å². The zero-order chi connectivity index (χ0) is 21.5. The summed E-state index contributed by atoms with van der Waals surface area (Å²) in [6.45, 7) is 4.45. The van der Waals surface area contributed by atoms with Crippen molar-refractivity contribution in [1.29, 1.82) is 0 Å². The lowest BCUT2D eigenvalue weighted by molar-refractivity contribution is -0.122. The van der Waals surface area contributed by atoms with Crippen LogP contribution in [0.4, 0.5) is 0 Å². The second-order valence-corrected chi connectivity index (χ2v) is 8.73. The molecule has 6 nitrogen and oxygen atoms in total. The number of hydrogen-bond acceptors (Lipinski definition) is 4. The van der Waals surface area contributed by atoms with Gasteiger partial charge in [-0.25, -0.2) is 0 Å². The van der Waals surface area contributed by atoms with Crippen LogP contribution >= 0.6 is 0 Å². The number of fused-ring (bicyclic) bond motifs is 1. The third kappa shape index (κ3) is 5.43. The number of ether oxygens (including phenoxy) is 1. The van der Waals surface area contributed by atoms with E-state index in [4.69, 9.17) is 4.74 Å². The van der Waals surface area contributed by atoms with Gasteiger partial charge in [-0.05, 0) is 35.7 Å². The molecular weight excluding hydrogens is 390 g/mol. The molecular formula is C25H33N3O3. The molecule has 1 saturated heterocycles. The fraction of sp³-hybridized carbons (Fsp3) is 0.520. The van der Waals surface area contributed by atoms with Crippen LogP contribution in [-0.2, 0) is 9.53 Å². The van der Waals surface area contributed by atoms with Crippen molar-refractivity contribution in [3.8, 4) is 0 Å². The lowest BCUT2D eigenvalue weighted by Gasteiger charge is -2.48. The van der Waals surface area contributed by atoms with E-state index in [1.165, 1.54) is 19.3 Å². The molecule has 6 heteroatoms. The molecule has 2 aromatic carbocycles. The fourth-order valence-electron chi connectivity index (χ4n) is 4.93. The number of nitrogens with zero attached hydrogens (tertiary/aromatic N) is 1. The number of hydrogen-bond donors (Lipinski definition) is 2. The van der Waals surface area contributed by atoms with Crippen LogP contribution in [0.15, 0.2) is 42.5 Å². The lowest BCUT2D eigenvalue weighted by Crippen LogP contribution is -2.59. The monoisotopic (exact) mass is 423 g/mol. The molecule has 0 bridgehead atoms. The van der Waals surface area contributed by atoms with Crippen molar-refractivity contribution in [2.45, 2.75) is 44.1 Å². The molecule has 2 fully saturated rings. The number of benzene rings is 2. The number of carbonyl (C=O) groups excluding carboxylic acids is 2. The predicted molar refractivity (Wildman–Crippen MR) is 122 cm³/mol. The van der Waals surface area contributed by atoms with E-state index >= 15 is 0 Å². The SMILES string of the molecule is O=C(CCNC(=O)c1ccc2ccccc2c1)NCC1(N2CCOCC2)CCCCC1. The fourth-order valence-corrected chi connectivity index (χ4v) is 4.93. The van der Waals surface area contributed by atoms with Gasteiger partial charge in [0.1, 0.15) is 0 Å². The topological polar surface area (TPSA) is 70.7 Å². The van der Waals surface area contributed by atoms with Gasteiger partial charge in [-0.2, -0.15) is 0 Å². The minimum Gasteiger partial charge on any atom is -0.379 e. The van der Waals surface area contributed by atoms with Crippen molar-refractivity contribution >= 4 is 22.6 Å². The minimum atomic E-state index is -0.143. The maximum Gasteiger partial charge on any atom is 0.251 e. The molecule has 0 unspecified atom stereocenters. The van der Waals surface area contributed by atoms with E-state index in [1.54, 1.807) is 0 Å². The molecule has 1 aliphatic carbocycles. The van der Waals surface area contributed by atoms with Crippen LogP contribution in [0.5, 0.6) is 0 Å². The molecule has 0 spiro atoms. The maximum absolute atomic E-state index is 12.5. The molecule has 0 aromatic heterocycles. The number of nitrogens with one attached hydrogen (secondary N) is 2. The summed E-state index contributed by atoms with van der Waals surface area (Å²) < 4.78 is 5.53. The summed E-state index contributed by atoms with van der Waals surface area (Å²) in [7, 11) is 0. The van der Waals surface area contributed by atoms with E-state index in [0.717, 1.165) is 49.9 Å². The van der Waals surface area contributed by atoms with Gasteiger partial charge in [0.15, 0.2) is 0 Å². The molecule has 1 aliphatic heterocycles. The molecule has 2 N–H and O–H groups in total. The van der Waals surface area contributed by atoms with Crippen molar-refractivity contribution in [3.05, 3.63) is 48.0 Å². The largest absolute Gasteiger partial charge is 0.379 e. The van der Waals surface area contributed by atoms with Crippen molar-refractivity contribution in [2.24, 2.45) is 0 Å². The third-order valence-electron chi connectivity index (χ3n) is 6.73. The van der Waals surface area contributed by atoms with E-state index in [2.05, 4.69) is 15.5 Å². The molecule has 166 valence electrons. The Bertz CT molecular complexity index is 902. The maximum atomic E-state index is 12.5. The first kappa shape index (κ1) is 21.8. The summed E-state index contributed by atoms with van der Waals surface area (Å²) in [6, 6.07) is 13.6. The van der Waals surface area contributed by atoms with Gasteiger partial charge in [-0.15, -0.1) is 0 Å². The van der Waals surface area contributed by atoms with Crippen LogP contribution < -0.4 is 10.6 Å². The summed E-state index contributed by atoms with van der Waals surface area (Å²) in [4.78, 5) is 27.5. The predicted octanol–water partition coefficient (Wildman–Crippen LogP) is 3.11. The van der Waals surface area contributed by atoms with Crippen LogP contribution in [0, 0.1) is 0 Å². The van der Waals surface area contributed by atoms with Gasteiger partial charge in [0.25, 0.3) is 5.91 Å². The van der Waals surface area contributed by atoms with E-state index in [-0.39, 0.29) is 17.4 Å². The van der Waals surface area contributed by atoms with Crippen LogP contribution in [0.2, 0.25) is 0 Å². The highest BCUT2D eigenvalue weighted by atomic mass is 16.5. The first-order valence-corrected chi connectivity index (χ1v) is 11.5. The second kappa shape index (κ2) is 10.2. The molecule has 31 heavy (non-hydrogen) atoms. The molecule has 1 heterocycles. The molecule has 1 saturated carbocycles. The molecule has 0 atom stereocenters.